The fourth-order valence-corrected chi connectivity index (χ4v) is 2.97. The molecule has 100 valence electrons. The summed E-state index contributed by atoms with van der Waals surface area (Å²) in [4.78, 5) is 11.4. The molecule has 5 nitrogen and oxygen atoms in total. The average Bonchev–Trinajstić information content (AvgIpc) is 2.85. The van der Waals surface area contributed by atoms with Gasteiger partial charge >= 0.3 is 0 Å². The Balaban J connectivity index is 1.89. The number of anilines is 1. The minimum absolute atomic E-state index is 0.254. The third-order valence-electron chi connectivity index (χ3n) is 2.26. The van der Waals surface area contributed by atoms with Crippen LogP contribution in [-0.4, -0.2) is 22.1 Å². The third-order valence-corrected chi connectivity index (χ3v) is 4.30. The second-order valence-electron chi connectivity index (χ2n) is 3.93. The molecule has 0 aliphatic rings. The molecular formula is C12H14N4OS2. The lowest BCUT2D eigenvalue weighted by Crippen LogP contribution is -2.32. The maximum Gasteiger partial charge on any atom is 0.242 e. The number of hydrogen-bond donors (Lipinski definition) is 2. The third kappa shape index (κ3) is 4.30. The summed E-state index contributed by atoms with van der Waals surface area (Å²) in [5.74, 6) is 0.576. The number of aromatic nitrogens is 2. The summed E-state index contributed by atoms with van der Waals surface area (Å²) in [6.07, 6.45) is 0. The standard InChI is InChI=1S/C12H14N4OS2/c1-8(13)10(17)14-11-15-16-12(19-11)18-7-9-5-3-2-4-6-9/h2-6,8H,7,13H2,1H3,(H,14,15,17)/t8-/m1/s1. The van der Waals surface area contributed by atoms with Crippen molar-refractivity contribution in [3.05, 3.63) is 35.9 Å². The molecular weight excluding hydrogens is 280 g/mol. The number of benzene rings is 1. The van der Waals surface area contributed by atoms with Gasteiger partial charge in [-0.1, -0.05) is 53.4 Å². The van der Waals surface area contributed by atoms with Crippen molar-refractivity contribution in [2.24, 2.45) is 5.73 Å². The molecule has 0 saturated heterocycles. The van der Waals surface area contributed by atoms with Gasteiger partial charge in [0.2, 0.25) is 11.0 Å². The highest BCUT2D eigenvalue weighted by atomic mass is 32.2. The van der Waals surface area contributed by atoms with E-state index < -0.39 is 6.04 Å². The lowest BCUT2D eigenvalue weighted by Gasteiger charge is -2.02. The Kier molecular flexibility index (Phi) is 4.89. The van der Waals surface area contributed by atoms with E-state index in [9.17, 15) is 4.79 Å². The van der Waals surface area contributed by atoms with Crippen LogP contribution in [0.15, 0.2) is 34.7 Å². The van der Waals surface area contributed by atoms with Gasteiger partial charge in [-0.15, -0.1) is 10.2 Å². The molecule has 1 atom stereocenters. The van der Waals surface area contributed by atoms with Crippen molar-refractivity contribution < 1.29 is 4.79 Å². The fraction of sp³-hybridized carbons (Fsp3) is 0.250. The number of hydrogen-bond acceptors (Lipinski definition) is 6. The highest BCUT2D eigenvalue weighted by Gasteiger charge is 2.11. The highest BCUT2D eigenvalue weighted by Crippen LogP contribution is 2.28. The number of rotatable bonds is 5. The van der Waals surface area contributed by atoms with Crippen molar-refractivity contribution >= 4 is 34.1 Å². The number of nitrogens with two attached hydrogens (primary N) is 1. The Morgan fingerprint density at radius 2 is 2.16 bits per heavy atom. The molecule has 0 aliphatic carbocycles. The van der Waals surface area contributed by atoms with Gasteiger partial charge in [0.05, 0.1) is 6.04 Å². The Morgan fingerprint density at radius 3 is 2.84 bits per heavy atom. The molecule has 1 heterocycles. The van der Waals surface area contributed by atoms with Crippen LogP contribution >= 0.6 is 23.1 Å². The monoisotopic (exact) mass is 294 g/mol. The molecule has 0 spiro atoms. The summed E-state index contributed by atoms with van der Waals surface area (Å²) < 4.78 is 0.823. The van der Waals surface area contributed by atoms with Crippen LogP contribution in [0.1, 0.15) is 12.5 Å². The molecule has 0 fully saturated rings. The average molecular weight is 294 g/mol. The molecule has 0 saturated carbocycles. The van der Waals surface area contributed by atoms with Crippen molar-refractivity contribution in [3.63, 3.8) is 0 Å². The van der Waals surface area contributed by atoms with Gasteiger partial charge < -0.3 is 5.73 Å². The van der Waals surface area contributed by atoms with E-state index in [1.54, 1.807) is 18.7 Å². The number of carbonyl (C=O) groups is 1. The maximum atomic E-state index is 11.4. The van der Waals surface area contributed by atoms with Crippen LogP contribution in [0.3, 0.4) is 0 Å². The summed E-state index contributed by atoms with van der Waals surface area (Å²) >= 11 is 2.94. The molecule has 2 aromatic rings. The van der Waals surface area contributed by atoms with Crippen LogP contribution in [-0.2, 0) is 10.5 Å². The molecule has 1 aromatic heterocycles. The van der Waals surface area contributed by atoms with E-state index in [0.29, 0.717) is 5.13 Å². The van der Waals surface area contributed by atoms with E-state index in [1.807, 2.05) is 18.2 Å². The molecule has 1 aromatic carbocycles. The number of nitrogens with one attached hydrogen (secondary N) is 1. The predicted molar refractivity (Wildman–Crippen MR) is 78.2 cm³/mol. The maximum absolute atomic E-state index is 11.4. The summed E-state index contributed by atoms with van der Waals surface area (Å²) in [5, 5.41) is 11.0. The first-order valence-corrected chi connectivity index (χ1v) is 7.52. The van der Waals surface area contributed by atoms with E-state index in [-0.39, 0.29) is 5.91 Å². The molecule has 7 heteroatoms. The van der Waals surface area contributed by atoms with E-state index in [4.69, 9.17) is 5.73 Å². The zero-order valence-corrected chi connectivity index (χ0v) is 12.0. The summed E-state index contributed by atoms with van der Waals surface area (Å²) in [6, 6.07) is 9.57. The summed E-state index contributed by atoms with van der Waals surface area (Å²) in [6.45, 7) is 1.63. The Hall–Kier alpha value is -1.44. The van der Waals surface area contributed by atoms with Gasteiger partial charge in [0.15, 0.2) is 4.34 Å². The van der Waals surface area contributed by atoms with Crippen molar-refractivity contribution in [1.82, 2.24) is 10.2 Å². The van der Waals surface area contributed by atoms with Crippen LogP contribution in [0.5, 0.6) is 0 Å². The number of nitrogens with zero attached hydrogens (tertiary/aromatic N) is 2. The minimum atomic E-state index is -0.552. The van der Waals surface area contributed by atoms with Crippen LogP contribution in [0.2, 0.25) is 0 Å². The number of carbonyl (C=O) groups excluding carboxylic acids is 1. The molecule has 19 heavy (non-hydrogen) atoms. The van der Waals surface area contributed by atoms with Gasteiger partial charge in [0.25, 0.3) is 0 Å². The smallest absolute Gasteiger partial charge is 0.242 e. The topological polar surface area (TPSA) is 80.9 Å². The lowest BCUT2D eigenvalue weighted by molar-refractivity contribution is -0.117. The van der Waals surface area contributed by atoms with E-state index >= 15 is 0 Å². The van der Waals surface area contributed by atoms with Gasteiger partial charge in [0.1, 0.15) is 0 Å². The zero-order chi connectivity index (χ0) is 13.7. The molecule has 0 aliphatic heterocycles. The molecule has 1 amide bonds. The van der Waals surface area contributed by atoms with Gasteiger partial charge in [-0.05, 0) is 12.5 Å². The number of thioether (sulfide) groups is 1. The molecule has 0 unspecified atom stereocenters. The molecule has 2 rings (SSSR count). The van der Waals surface area contributed by atoms with E-state index in [1.165, 1.54) is 16.9 Å². The zero-order valence-electron chi connectivity index (χ0n) is 10.4. The van der Waals surface area contributed by atoms with Crippen LogP contribution in [0, 0.1) is 0 Å². The van der Waals surface area contributed by atoms with Crippen LogP contribution < -0.4 is 11.1 Å². The van der Waals surface area contributed by atoms with E-state index in [0.717, 1.165) is 10.1 Å². The first-order chi connectivity index (χ1) is 9.15. The first-order valence-electron chi connectivity index (χ1n) is 5.72. The predicted octanol–water partition coefficient (Wildman–Crippen LogP) is 2.12. The summed E-state index contributed by atoms with van der Waals surface area (Å²) in [7, 11) is 0. The minimum Gasteiger partial charge on any atom is -0.320 e. The lowest BCUT2D eigenvalue weighted by atomic mass is 10.2. The molecule has 3 N–H and O–H groups in total. The van der Waals surface area contributed by atoms with Gasteiger partial charge in [-0.25, -0.2) is 0 Å². The number of amides is 1. The van der Waals surface area contributed by atoms with Crippen LogP contribution in [0.25, 0.3) is 0 Å². The normalized spacial score (nSPS) is 12.1. The Bertz CT molecular complexity index is 542. The van der Waals surface area contributed by atoms with Gasteiger partial charge in [-0.3, -0.25) is 10.1 Å². The fourth-order valence-electron chi connectivity index (χ4n) is 1.26. The largest absolute Gasteiger partial charge is 0.320 e. The molecule has 0 radical (unpaired) electrons. The van der Waals surface area contributed by atoms with Crippen LogP contribution in [0.4, 0.5) is 5.13 Å². The quantitative estimate of drug-likeness (QED) is 0.652. The second-order valence-corrected chi connectivity index (χ2v) is 6.13. The van der Waals surface area contributed by atoms with Crippen molar-refractivity contribution in [2.75, 3.05) is 5.32 Å². The highest BCUT2D eigenvalue weighted by molar-refractivity contribution is 8.00. The summed E-state index contributed by atoms with van der Waals surface area (Å²) in [5.41, 5.74) is 6.69. The van der Waals surface area contributed by atoms with Gasteiger partial charge in [-0.2, -0.15) is 0 Å². The second kappa shape index (κ2) is 6.65. The van der Waals surface area contributed by atoms with Crippen molar-refractivity contribution in [1.29, 1.82) is 0 Å². The SMILES string of the molecule is C[C@@H](N)C(=O)Nc1nnc(SCc2ccccc2)s1. The van der Waals surface area contributed by atoms with Crippen molar-refractivity contribution in [3.8, 4) is 0 Å². The molecule has 0 bridgehead atoms. The first kappa shape index (κ1) is 14.0. The van der Waals surface area contributed by atoms with Crippen molar-refractivity contribution in [2.45, 2.75) is 23.1 Å². The van der Waals surface area contributed by atoms with E-state index in [2.05, 4.69) is 27.6 Å². The Morgan fingerprint density at radius 1 is 1.42 bits per heavy atom. The van der Waals surface area contributed by atoms with Gasteiger partial charge in [0, 0.05) is 5.75 Å². The Labute approximate surface area is 119 Å².